The lowest BCUT2D eigenvalue weighted by atomic mass is 9.86. The maximum absolute atomic E-state index is 12.1. The lowest BCUT2D eigenvalue weighted by Crippen LogP contribution is -2.43. The lowest BCUT2D eigenvalue weighted by molar-refractivity contribution is -0.120. The van der Waals surface area contributed by atoms with E-state index < -0.39 is 0 Å². The van der Waals surface area contributed by atoms with E-state index in [2.05, 4.69) is 17.6 Å². The van der Waals surface area contributed by atoms with Crippen molar-refractivity contribution in [2.75, 3.05) is 26.0 Å². The molecule has 0 radical (unpaired) electrons. The fourth-order valence-electron chi connectivity index (χ4n) is 2.99. The van der Waals surface area contributed by atoms with Crippen LogP contribution in [0.1, 0.15) is 43.0 Å². The summed E-state index contributed by atoms with van der Waals surface area (Å²) >= 11 is 0. The van der Waals surface area contributed by atoms with E-state index in [-0.39, 0.29) is 18.4 Å². The van der Waals surface area contributed by atoms with Crippen LogP contribution in [0.2, 0.25) is 0 Å². The van der Waals surface area contributed by atoms with Crippen LogP contribution in [0.5, 0.6) is 0 Å². The van der Waals surface area contributed by atoms with E-state index in [1.807, 2.05) is 12.1 Å². The Morgan fingerprint density at radius 1 is 1.22 bits per heavy atom. The average molecular weight is 317 g/mol. The van der Waals surface area contributed by atoms with Crippen molar-refractivity contribution in [1.82, 2.24) is 10.2 Å². The van der Waals surface area contributed by atoms with Crippen molar-refractivity contribution in [2.24, 2.45) is 5.92 Å². The van der Waals surface area contributed by atoms with Crippen molar-refractivity contribution in [2.45, 2.75) is 38.6 Å². The third-order valence-electron chi connectivity index (χ3n) is 4.43. The first kappa shape index (κ1) is 17.3. The van der Waals surface area contributed by atoms with Crippen molar-refractivity contribution in [3.05, 3.63) is 29.8 Å². The van der Waals surface area contributed by atoms with Gasteiger partial charge in [0.1, 0.15) is 0 Å². The Morgan fingerprint density at radius 3 is 2.65 bits per heavy atom. The number of hydrogen-bond donors (Lipinski definition) is 2. The molecule has 1 saturated carbocycles. The van der Waals surface area contributed by atoms with Gasteiger partial charge in [-0.3, -0.25) is 9.59 Å². The molecule has 1 aromatic rings. The summed E-state index contributed by atoms with van der Waals surface area (Å²) in [5.41, 5.74) is 1.39. The van der Waals surface area contributed by atoms with Gasteiger partial charge in [-0.05, 0) is 37.0 Å². The molecule has 5 heteroatoms. The Kier molecular flexibility index (Phi) is 6.02. The summed E-state index contributed by atoms with van der Waals surface area (Å²) in [6, 6.07) is 7.53. The van der Waals surface area contributed by atoms with Gasteiger partial charge in [0.2, 0.25) is 5.91 Å². The van der Waals surface area contributed by atoms with Crippen molar-refractivity contribution < 1.29 is 9.59 Å². The minimum atomic E-state index is -0.0471. The number of nitrogens with zero attached hydrogens (tertiary/aromatic N) is 1. The van der Waals surface area contributed by atoms with E-state index >= 15 is 0 Å². The molecule has 2 amide bonds. The number of rotatable bonds is 5. The predicted molar refractivity (Wildman–Crippen MR) is 92.5 cm³/mol. The molecular formula is C18H27N3O2. The molecule has 2 unspecified atom stereocenters. The molecule has 0 aliphatic heterocycles. The van der Waals surface area contributed by atoms with Gasteiger partial charge >= 0.3 is 0 Å². The van der Waals surface area contributed by atoms with Crippen LogP contribution in [-0.4, -0.2) is 43.4 Å². The Morgan fingerprint density at radius 2 is 1.96 bits per heavy atom. The molecule has 2 atom stereocenters. The maximum atomic E-state index is 12.1. The highest BCUT2D eigenvalue weighted by Crippen LogP contribution is 2.23. The van der Waals surface area contributed by atoms with Gasteiger partial charge < -0.3 is 15.5 Å². The van der Waals surface area contributed by atoms with Gasteiger partial charge in [0.05, 0.1) is 6.54 Å². The van der Waals surface area contributed by atoms with Crippen LogP contribution in [0.3, 0.4) is 0 Å². The topological polar surface area (TPSA) is 61.4 Å². The summed E-state index contributed by atoms with van der Waals surface area (Å²) in [6.45, 7) is 2.43. The number of carbonyl (C=O) groups is 2. The molecule has 0 bridgehead atoms. The van der Waals surface area contributed by atoms with Crippen molar-refractivity contribution in [3.63, 3.8) is 0 Å². The van der Waals surface area contributed by atoms with Crippen molar-refractivity contribution >= 4 is 17.5 Å². The fourth-order valence-corrected chi connectivity index (χ4v) is 2.99. The van der Waals surface area contributed by atoms with E-state index in [1.54, 1.807) is 26.2 Å². The second-order valence-corrected chi connectivity index (χ2v) is 6.57. The second kappa shape index (κ2) is 7.99. The number of hydrogen-bond acceptors (Lipinski definition) is 3. The molecule has 0 aromatic heterocycles. The molecule has 2 rings (SSSR count). The molecule has 5 nitrogen and oxygen atoms in total. The van der Waals surface area contributed by atoms with Gasteiger partial charge in [-0.15, -0.1) is 0 Å². The first-order valence-corrected chi connectivity index (χ1v) is 8.32. The summed E-state index contributed by atoms with van der Waals surface area (Å²) in [5.74, 6) is 0.510. The molecule has 0 spiro atoms. The van der Waals surface area contributed by atoms with Gasteiger partial charge in [0, 0.05) is 31.4 Å². The van der Waals surface area contributed by atoms with Crippen LogP contribution in [0.4, 0.5) is 5.69 Å². The van der Waals surface area contributed by atoms with Crippen molar-refractivity contribution in [3.8, 4) is 0 Å². The van der Waals surface area contributed by atoms with E-state index in [9.17, 15) is 9.59 Å². The molecule has 1 aliphatic rings. The second-order valence-electron chi connectivity index (χ2n) is 6.57. The van der Waals surface area contributed by atoms with Gasteiger partial charge in [0.25, 0.3) is 5.91 Å². The Bertz CT molecular complexity index is 557. The Labute approximate surface area is 138 Å². The molecule has 23 heavy (non-hydrogen) atoms. The van der Waals surface area contributed by atoms with Gasteiger partial charge in [-0.2, -0.15) is 0 Å². The fraction of sp³-hybridized carbons (Fsp3) is 0.556. The van der Waals surface area contributed by atoms with Gasteiger partial charge in [0.15, 0.2) is 0 Å². The largest absolute Gasteiger partial charge is 0.376 e. The lowest BCUT2D eigenvalue weighted by Gasteiger charge is -2.29. The zero-order chi connectivity index (χ0) is 16.8. The highest BCUT2D eigenvalue weighted by atomic mass is 16.2. The SMILES string of the molecule is CC1CCCCC1NC(=O)CNc1cccc(C(=O)N(C)C)c1. The molecule has 0 heterocycles. The number of benzene rings is 1. The Hall–Kier alpha value is -2.04. The highest BCUT2D eigenvalue weighted by molar-refractivity contribution is 5.95. The number of nitrogens with one attached hydrogen (secondary N) is 2. The number of anilines is 1. The van der Waals surface area contributed by atoms with Gasteiger partial charge in [-0.25, -0.2) is 0 Å². The molecule has 1 aliphatic carbocycles. The van der Waals surface area contributed by atoms with Crippen LogP contribution in [-0.2, 0) is 4.79 Å². The average Bonchev–Trinajstić information content (AvgIpc) is 2.54. The summed E-state index contributed by atoms with van der Waals surface area (Å²) in [4.78, 5) is 25.6. The summed E-state index contributed by atoms with van der Waals surface area (Å²) in [7, 11) is 3.45. The van der Waals surface area contributed by atoms with E-state index in [1.165, 1.54) is 24.2 Å². The van der Waals surface area contributed by atoms with E-state index in [0.717, 1.165) is 12.1 Å². The smallest absolute Gasteiger partial charge is 0.253 e. The van der Waals surface area contributed by atoms with Crippen LogP contribution < -0.4 is 10.6 Å². The number of amides is 2. The predicted octanol–water partition coefficient (Wildman–Crippen LogP) is 2.50. The molecule has 2 N–H and O–H groups in total. The van der Waals surface area contributed by atoms with E-state index in [0.29, 0.717) is 17.5 Å². The highest BCUT2D eigenvalue weighted by Gasteiger charge is 2.22. The molecule has 126 valence electrons. The van der Waals surface area contributed by atoms with E-state index in [4.69, 9.17) is 0 Å². The first-order valence-electron chi connectivity index (χ1n) is 8.32. The quantitative estimate of drug-likeness (QED) is 0.877. The monoisotopic (exact) mass is 317 g/mol. The summed E-state index contributed by atoms with van der Waals surface area (Å²) in [5, 5.41) is 6.22. The molecule has 0 saturated heterocycles. The van der Waals surface area contributed by atoms with Crippen LogP contribution in [0, 0.1) is 5.92 Å². The normalized spacial score (nSPS) is 20.7. The van der Waals surface area contributed by atoms with Crippen LogP contribution in [0.15, 0.2) is 24.3 Å². The molecule has 1 aromatic carbocycles. The minimum Gasteiger partial charge on any atom is -0.376 e. The standard InChI is InChI=1S/C18H27N3O2/c1-13-7-4-5-10-16(13)20-17(22)12-19-15-9-6-8-14(11-15)18(23)21(2)3/h6,8-9,11,13,16,19H,4-5,7,10,12H2,1-3H3,(H,20,22). The number of carbonyl (C=O) groups excluding carboxylic acids is 2. The third-order valence-corrected chi connectivity index (χ3v) is 4.43. The minimum absolute atomic E-state index is 0.00749. The van der Waals surface area contributed by atoms with Gasteiger partial charge in [-0.1, -0.05) is 25.8 Å². The first-order chi connectivity index (χ1) is 11.0. The van der Waals surface area contributed by atoms with Crippen LogP contribution in [0.25, 0.3) is 0 Å². The molecule has 1 fully saturated rings. The Balaban J connectivity index is 1.86. The zero-order valence-corrected chi connectivity index (χ0v) is 14.3. The third kappa shape index (κ3) is 4.98. The summed E-state index contributed by atoms with van der Waals surface area (Å²) in [6.07, 6.45) is 4.71. The van der Waals surface area contributed by atoms with Crippen molar-refractivity contribution in [1.29, 1.82) is 0 Å². The van der Waals surface area contributed by atoms with Crippen LogP contribution >= 0.6 is 0 Å². The summed E-state index contributed by atoms with van der Waals surface area (Å²) < 4.78 is 0. The maximum Gasteiger partial charge on any atom is 0.253 e. The molecular weight excluding hydrogens is 290 g/mol. The zero-order valence-electron chi connectivity index (χ0n) is 14.3.